The summed E-state index contributed by atoms with van der Waals surface area (Å²) in [6, 6.07) is 17.5. The maximum atomic E-state index is 13.2. The van der Waals surface area contributed by atoms with Gasteiger partial charge in [-0.3, -0.25) is 0 Å². The van der Waals surface area contributed by atoms with Crippen LogP contribution in [0.5, 0.6) is 0 Å². The number of amides is 2. The van der Waals surface area contributed by atoms with Crippen LogP contribution in [0, 0.1) is 0 Å². The SMILES string of the molecule is CCOC(=O)C1=C(COC(=O)c2cc(-c3ccccc3)nc3ccccc23)NC(=O)N[C@H]1CC. The van der Waals surface area contributed by atoms with Gasteiger partial charge in [-0.2, -0.15) is 0 Å². The number of pyridine rings is 1. The number of esters is 2. The molecule has 1 aliphatic heterocycles. The van der Waals surface area contributed by atoms with Gasteiger partial charge in [0, 0.05) is 10.9 Å². The lowest BCUT2D eigenvalue weighted by Gasteiger charge is -2.28. The molecule has 0 aliphatic carbocycles. The first-order valence-corrected chi connectivity index (χ1v) is 11.1. The van der Waals surface area contributed by atoms with E-state index in [2.05, 4.69) is 15.6 Å². The summed E-state index contributed by atoms with van der Waals surface area (Å²) in [5.41, 5.74) is 2.97. The highest BCUT2D eigenvalue weighted by atomic mass is 16.5. The number of nitrogens with one attached hydrogen (secondary N) is 2. The van der Waals surface area contributed by atoms with Gasteiger partial charge in [0.2, 0.25) is 0 Å². The quantitative estimate of drug-likeness (QED) is 0.518. The van der Waals surface area contributed by atoms with Gasteiger partial charge in [0.05, 0.1) is 40.7 Å². The zero-order valence-electron chi connectivity index (χ0n) is 19.0. The summed E-state index contributed by atoms with van der Waals surface area (Å²) in [5.74, 6) is -1.15. The molecular weight excluding hydrogens is 434 g/mol. The summed E-state index contributed by atoms with van der Waals surface area (Å²) in [7, 11) is 0. The number of fused-ring (bicyclic) bond motifs is 1. The molecule has 0 radical (unpaired) electrons. The fourth-order valence-corrected chi connectivity index (χ4v) is 3.89. The molecule has 174 valence electrons. The van der Waals surface area contributed by atoms with Crippen LogP contribution in [0.25, 0.3) is 22.2 Å². The highest BCUT2D eigenvalue weighted by Gasteiger charge is 2.32. The lowest BCUT2D eigenvalue weighted by molar-refractivity contribution is -0.139. The number of hydrogen-bond acceptors (Lipinski definition) is 6. The number of aromatic nitrogens is 1. The molecule has 2 aromatic carbocycles. The molecule has 4 rings (SSSR count). The second-order valence-corrected chi connectivity index (χ2v) is 7.69. The zero-order valence-corrected chi connectivity index (χ0v) is 19.0. The van der Waals surface area contributed by atoms with Crippen molar-refractivity contribution in [3.63, 3.8) is 0 Å². The Morgan fingerprint density at radius 2 is 1.71 bits per heavy atom. The molecule has 34 heavy (non-hydrogen) atoms. The van der Waals surface area contributed by atoms with E-state index in [1.54, 1.807) is 19.1 Å². The standard InChI is InChI=1S/C26H25N3O5/c1-3-19-23(25(31)33-4-2)22(29-26(32)28-19)15-34-24(30)18-14-21(16-10-6-5-7-11-16)27-20-13-9-8-12-17(18)20/h5-14,19H,3-4,15H2,1-2H3,(H2,28,29,32)/t19-/m0/s1. The third kappa shape index (κ3) is 4.76. The predicted octanol–water partition coefficient (Wildman–Crippen LogP) is 3.97. The zero-order chi connectivity index (χ0) is 24.1. The molecule has 8 nitrogen and oxygen atoms in total. The van der Waals surface area contributed by atoms with Gasteiger partial charge in [-0.05, 0) is 25.5 Å². The number of carbonyl (C=O) groups is 3. The summed E-state index contributed by atoms with van der Waals surface area (Å²) in [6.45, 7) is 3.44. The largest absolute Gasteiger partial charge is 0.463 e. The highest BCUT2D eigenvalue weighted by Crippen LogP contribution is 2.26. The minimum absolute atomic E-state index is 0.186. The third-order valence-electron chi connectivity index (χ3n) is 5.50. The van der Waals surface area contributed by atoms with Gasteiger partial charge >= 0.3 is 18.0 Å². The molecular formula is C26H25N3O5. The molecule has 2 heterocycles. The van der Waals surface area contributed by atoms with Gasteiger partial charge in [0.15, 0.2) is 0 Å². The molecule has 1 aromatic heterocycles. The highest BCUT2D eigenvalue weighted by molar-refractivity contribution is 6.04. The van der Waals surface area contributed by atoms with Crippen molar-refractivity contribution in [3.05, 3.63) is 77.5 Å². The topological polar surface area (TPSA) is 107 Å². The van der Waals surface area contributed by atoms with Crippen LogP contribution in [0.15, 0.2) is 71.9 Å². The first-order chi connectivity index (χ1) is 16.5. The molecule has 0 bridgehead atoms. The fraction of sp³-hybridized carbons (Fsp3) is 0.231. The second-order valence-electron chi connectivity index (χ2n) is 7.69. The van der Waals surface area contributed by atoms with E-state index in [1.807, 2.05) is 55.5 Å². The van der Waals surface area contributed by atoms with Gasteiger partial charge in [-0.15, -0.1) is 0 Å². The summed E-state index contributed by atoms with van der Waals surface area (Å²) >= 11 is 0. The number of rotatable bonds is 7. The molecule has 0 fully saturated rings. The van der Waals surface area contributed by atoms with E-state index in [1.165, 1.54) is 0 Å². The molecule has 1 aliphatic rings. The summed E-state index contributed by atoms with van der Waals surface area (Å²) < 4.78 is 10.7. The Bertz CT molecular complexity index is 1270. The Hall–Kier alpha value is -4.20. The van der Waals surface area contributed by atoms with Crippen molar-refractivity contribution in [2.75, 3.05) is 13.2 Å². The molecule has 0 spiro atoms. The average Bonchev–Trinajstić information content (AvgIpc) is 2.86. The van der Waals surface area contributed by atoms with Gasteiger partial charge in [0.1, 0.15) is 6.61 Å². The number of carbonyl (C=O) groups excluding carboxylic acids is 3. The van der Waals surface area contributed by atoms with Gasteiger partial charge in [-0.25, -0.2) is 19.4 Å². The summed E-state index contributed by atoms with van der Waals surface area (Å²) in [5, 5.41) is 5.93. The fourth-order valence-electron chi connectivity index (χ4n) is 3.89. The molecule has 0 unspecified atom stereocenters. The van der Waals surface area contributed by atoms with E-state index >= 15 is 0 Å². The second kappa shape index (κ2) is 10.2. The number of urea groups is 1. The van der Waals surface area contributed by atoms with Crippen molar-refractivity contribution in [3.8, 4) is 11.3 Å². The van der Waals surface area contributed by atoms with E-state index in [9.17, 15) is 14.4 Å². The number of hydrogen-bond donors (Lipinski definition) is 2. The van der Waals surface area contributed by atoms with Crippen LogP contribution in [0.4, 0.5) is 4.79 Å². The van der Waals surface area contributed by atoms with Crippen LogP contribution in [-0.2, 0) is 14.3 Å². The average molecular weight is 460 g/mol. The van der Waals surface area contributed by atoms with E-state index < -0.39 is 24.0 Å². The van der Waals surface area contributed by atoms with Gasteiger partial charge < -0.3 is 20.1 Å². The Balaban J connectivity index is 1.67. The monoisotopic (exact) mass is 459 g/mol. The molecule has 2 N–H and O–H groups in total. The third-order valence-corrected chi connectivity index (χ3v) is 5.50. The van der Waals surface area contributed by atoms with Crippen LogP contribution in [-0.4, -0.2) is 42.2 Å². The normalized spacial score (nSPS) is 15.5. The van der Waals surface area contributed by atoms with Crippen LogP contribution < -0.4 is 10.6 Å². The lowest BCUT2D eigenvalue weighted by Crippen LogP contribution is -2.51. The molecule has 3 aromatic rings. The smallest absolute Gasteiger partial charge is 0.339 e. The first-order valence-electron chi connectivity index (χ1n) is 11.1. The van der Waals surface area contributed by atoms with Crippen LogP contribution in [0.3, 0.4) is 0 Å². The van der Waals surface area contributed by atoms with Crippen molar-refractivity contribution >= 4 is 28.9 Å². The minimum atomic E-state index is -0.590. The summed E-state index contributed by atoms with van der Waals surface area (Å²) in [6.07, 6.45) is 0.481. The predicted molar refractivity (Wildman–Crippen MR) is 127 cm³/mol. The molecule has 8 heteroatoms. The van der Waals surface area contributed by atoms with E-state index in [0.717, 1.165) is 5.56 Å². The van der Waals surface area contributed by atoms with E-state index in [0.29, 0.717) is 28.6 Å². The lowest BCUT2D eigenvalue weighted by atomic mass is 10.0. The maximum absolute atomic E-state index is 13.2. The number of benzene rings is 2. The van der Waals surface area contributed by atoms with Gasteiger partial charge in [-0.1, -0.05) is 55.5 Å². The molecule has 2 amide bonds. The number of ether oxygens (including phenoxy) is 2. The van der Waals surface area contributed by atoms with Crippen molar-refractivity contribution in [2.45, 2.75) is 26.3 Å². The number of para-hydroxylation sites is 1. The Morgan fingerprint density at radius 1 is 0.971 bits per heavy atom. The van der Waals surface area contributed by atoms with Crippen molar-refractivity contribution in [1.82, 2.24) is 15.6 Å². The van der Waals surface area contributed by atoms with Crippen molar-refractivity contribution in [2.24, 2.45) is 0 Å². The Kier molecular flexibility index (Phi) is 6.87. The van der Waals surface area contributed by atoms with Gasteiger partial charge in [0.25, 0.3) is 0 Å². The van der Waals surface area contributed by atoms with Crippen molar-refractivity contribution < 1.29 is 23.9 Å². The molecule has 0 saturated carbocycles. The number of nitrogens with zero attached hydrogens (tertiary/aromatic N) is 1. The maximum Gasteiger partial charge on any atom is 0.339 e. The summed E-state index contributed by atoms with van der Waals surface area (Å²) in [4.78, 5) is 42.5. The molecule has 0 saturated heterocycles. The van der Waals surface area contributed by atoms with Crippen molar-refractivity contribution in [1.29, 1.82) is 0 Å². The van der Waals surface area contributed by atoms with E-state index in [4.69, 9.17) is 9.47 Å². The Morgan fingerprint density at radius 3 is 2.44 bits per heavy atom. The first kappa shape index (κ1) is 23.0. The van der Waals surface area contributed by atoms with Crippen LogP contribution >= 0.6 is 0 Å². The van der Waals surface area contributed by atoms with Crippen LogP contribution in [0.2, 0.25) is 0 Å². The minimum Gasteiger partial charge on any atom is -0.463 e. The Labute approximate surface area is 197 Å². The van der Waals surface area contributed by atoms with Crippen LogP contribution in [0.1, 0.15) is 30.6 Å². The van der Waals surface area contributed by atoms with E-state index in [-0.39, 0.29) is 24.5 Å². The molecule has 1 atom stereocenters.